The first-order valence-corrected chi connectivity index (χ1v) is 21.4. The van der Waals surface area contributed by atoms with Gasteiger partial charge in [0.2, 0.25) is 0 Å². The first-order chi connectivity index (χ1) is 23.9. The van der Waals surface area contributed by atoms with Crippen molar-refractivity contribution in [3.8, 4) is 0 Å². The van der Waals surface area contributed by atoms with E-state index in [1.807, 2.05) is 0 Å². The summed E-state index contributed by atoms with van der Waals surface area (Å²) in [7, 11) is 0. The molecule has 0 rings (SSSR count). The lowest BCUT2D eigenvalue weighted by Crippen LogP contribution is -2.30. The second kappa shape index (κ2) is 37.7. The van der Waals surface area contributed by atoms with Crippen molar-refractivity contribution in [1.82, 2.24) is 0 Å². The Morgan fingerprint density at radius 3 is 1.00 bits per heavy atom. The van der Waals surface area contributed by atoms with E-state index in [1.54, 1.807) is 0 Å². The molecule has 0 aromatic carbocycles. The molecular weight excluding hydrogens is 612 g/mol. The zero-order valence-electron chi connectivity index (χ0n) is 33.1. The highest BCUT2D eigenvalue weighted by Crippen LogP contribution is 2.16. The van der Waals surface area contributed by atoms with Crippen LogP contribution < -0.4 is 0 Å². The molecule has 0 amide bonds. The van der Waals surface area contributed by atoms with E-state index in [9.17, 15) is 14.4 Å². The van der Waals surface area contributed by atoms with Crippen LogP contribution in [-0.4, -0.2) is 37.2 Å². The van der Waals surface area contributed by atoms with E-state index in [1.165, 1.54) is 122 Å². The lowest BCUT2D eigenvalue weighted by atomic mass is 10.0. The lowest BCUT2D eigenvalue weighted by Gasteiger charge is -2.18. The number of hydrogen-bond acceptors (Lipinski definition) is 6. The van der Waals surface area contributed by atoms with Gasteiger partial charge in [-0.1, -0.05) is 195 Å². The van der Waals surface area contributed by atoms with Gasteiger partial charge in [-0.3, -0.25) is 14.4 Å². The van der Waals surface area contributed by atoms with Gasteiger partial charge in [0.05, 0.1) is 0 Å². The summed E-state index contributed by atoms with van der Waals surface area (Å²) in [4.78, 5) is 37.3. The summed E-state index contributed by atoms with van der Waals surface area (Å²) < 4.78 is 16.6. The third-order valence-corrected chi connectivity index (χ3v) is 9.54. The SMILES string of the molecule is CCCCCCCCCCCCCCCC(=O)OC[C@@H](COC(=O)CCCCCCCCCCCCC(C)C)OC(=O)CCCCCCC. The van der Waals surface area contributed by atoms with Gasteiger partial charge in [-0.15, -0.1) is 0 Å². The van der Waals surface area contributed by atoms with Gasteiger partial charge in [0, 0.05) is 19.3 Å². The third kappa shape index (κ3) is 37.5. The van der Waals surface area contributed by atoms with Gasteiger partial charge in [-0.2, -0.15) is 0 Å². The van der Waals surface area contributed by atoms with Crippen molar-refractivity contribution in [3.05, 3.63) is 0 Å². The van der Waals surface area contributed by atoms with E-state index >= 15 is 0 Å². The van der Waals surface area contributed by atoms with Crippen LogP contribution in [-0.2, 0) is 28.6 Å². The van der Waals surface area contributed by atoms with Crippen molar-refractivity contribution in [3.63, 3.8) is 0 Å². The molecule has 0 aliphatic heterocycles. The first kappa shape index (κ1) is 47.4. The molecular formula is C43H82O6. The van der Waals surface area contributed by atoms with Crippen LogP contribution in [0.2, 0.25) is 0 Å². The molecule has 1 atom stereocenters. The van der Waals surface area contributed by atoms with E-state index < -0.39 is 6.10 Å². The Balaban J connectivity index is 4.17. The maximum atomic E-state index is 12.5. The average Bonchev–Trinajstić information content (AvgIpc) is 3.08. The molecule has 0 saturated carbocycles. The zero-order valence-corrected chi connectivity index (χ0v) is 33.1. The second-order valence-electron chi connectivity index (χ2n) is 15.1. The Labute approximate surface area is 304 Å². The summed E-state index contributed by atoms with van der Waals surface area (Å²) in [5, 5.41) is 0. The molecule has 0 N–H and O–H groups in total. The zero-order chi connectivity index (χ0) is 36.0. The molecule has 0 unspecified atom stereocenters. The molecule has 0 spiro atoms. The molecule has 0 aliphatic rings. The molecule has 0 fully saturated rings. The van der Waals surface area contributed by atoms with Crippen molar-refractivity contribution >= 4 is 17.9 Å². The van der Waals surface area contributed by atoms with Crippen LogP contribution in [0.3, 0.4) is 0 Å². The standard InChI is InChI=1S/C43H82O6/c1-5-7-9-11-12-13-14-15-16-20-23-27-30-34-41(44)47-37-40(49-43(46)36-32-25-10-8-6-2)38-48-42(45)35-31-28-24-21-18-17-19-22-26-29-33-39(3)4/h39-40H,5-38H2,1-4H3/t40-/m0/s1. The first-order valence-electron chi connectivity index (χ1n) is 21.4. The molecule has 0 heterocycles. The van der Waals surface area contributed by atoms with Gasteiger partial charge in [-0.25, -0.2) is 0 Å². The van der Waals surface area contributed by atoms with Crippen LogP contribution in [0.15, 0.2) is 0 Å². The minimum atomic E-state index is -0.756. The Hall–Kier alpha value is -1.59. The van der Waals surface area contributed by atoms with Crippen LogP contribution in [0.5, 0.6) is 0 Å². The Morgan fingerprint density at radius 2 is 0.673 bits per heavy atom. The Morgan fingerprint density at radius 1 is 0.388 bits per heavy atom. The molecule has 49 heavy (non-hydrogen) atoms. The number of esters is 3. The van der Waals surface area contributed by atoms with Crippen molar-refractivity contribution < 1.29 is 28.6 Å². The minimum absolute atomic E-state index is 0.0656. The highest BCUT2D eigenvalue weighted by atomic mass is 16.6. The molecule has 0 aliphatic carbocycles. The summed E-state index contributed by atoms with van der Waals surface area (Å²) in [6, 6.07) is 0. The number of unbranched alkanes of at least 4 members (excludes halogenated alkanes) is 25. The molecule has 0 bridgehead atoms. The minimum Gasteiger partial charge on any atom is -0.462 e. The van der Waals surface area contributed by atoms with Crippen LogP contribution in [0.1, 0.15) is 233 Å². The molecule has 0 aromatic heterocycles. The van der Waals surface area contributed by atoms with E-state index in [0.717, 1.165) is 70.1 Å². The van der Waals surface area contributed by atoms with E-state index in [2.05, 4.69) is 27.7 Å². The fourth-order valence-electron chi connectivity index (χ4n) is 6.27. The third-order valence-electron chi connectivity index (χ3n) is 9.54. The molecule has 0 saturated heterocycles. The topological polar surface area (TPSA) is 78.9 Å². The van der Waals surface area contributed by atoms with Gasteiger partial charge in [0.25, 0.3) is 0 Å². The van der Waals surface area contributed by atoms with Gasteiger partial charge in [-0.05, 0) is 25.2 Å². The average molecular weight is 695 g/mol. The van der Waals surface area contributed by atoms with Crippen LogP contribution in [0, 0.1) is 5.92 Å². The number of hydrogen-bond donors (Lipinski definition) is 0. The Bertz CT molecular complexity index is 736. The predicted molar refractivity (Wildman–Crippen MR) is 206 cm³/mol. The van der Waals surface area contributed by atoms with E-state index in [-0.39, 0.29) is 31.1 Å². The maximum absolute atomic E-state index is 12.5. The molecule has 6 heteroatoms. The Kier molecular flexibility index (Phi) is 36.4. The summed E-state index contributed by atoms with van der Waals surface area (Å²) in [6.07, 6.45) is 35.4. The summed E-state index contributed by atoms with van der Waals surface area (Å²) in [5.74, 6) is -0.0542. The van der Waals surface area contributed by atoms with Gasteiger partial charge >= 0.3 is 17.9 Å². The van der Waals surface area contributed by atoms with Crippen molar-refractivity contribution in [2.75, 3.05) is 13.2 Å². The van der Waals surface area contributed by atoms with Gasteiger partial charge in [0.15, 0.2) is 6.10 Å². The predicted octanol–water partition coefficient (Wildman–Crippen LogP) is 13.2. The highest BCUT2D eigenvalue weighted by molar-refractivity contribution is 5.71. The van der Waals surface area contributed by atoms with Crippen LogP contribution in [0.4, 0.5) is 0 Å². The quantitative estimate of drug-likeness (QED) is 0.0364. The largest absolute Gasteiger partial charge is 0.462 e. The normalized spacial score (nSPS) is 11.9. The summed E-state index contributed by atoms with van der Waals surface area (Å²) >= 11 is 0. The molecule has 0 aromatic rings. The number of carbonyl (C=O) groups is 3. The van der Waals surface area contributed by atoms with E-state index in [0.29, 0.717) is 19.3 Å². The second-order valence-corrected chi connectivity index (χ2v) is 15.1. The molecule has 6 nitrogen and oxygen atoms in total. The number of carbonyl (C=O) groups excluding carboxylic acids is 3. The fraction of sp³-hybridized carbons (Fsp3) is 0.930. The van der Waals surface area contributed by atoms with Crippen molar-refractivity contribution in [2.24, 2.45) is 5.92 Å². The van der Waals surface area contributed by atoms with Crippen LogP contribution in [0.25, 0.3) is 0 Å². The van der Waals surface area contributed by atoms with Crippen molar-refractivity contribution in [1.29, 1.82) is 0 Å². The maximum Gasteiger partial charge on any atom is 0.306 e. The van der Waals surface area contributed by atoms with Crippen molar-refractivity contribution in [2.45, 2.75) is 239 Å². The smallest absolute Gasteiger partial charge is 0.306 e. The van der Waals surface area contributed by atoms with E-state index in [4.69, 9.17) is 14.2 Å². The highest BCUT2D eigenvalue weighted by Gasteiger charge is 2.19. The van der Waals surface area contributed by atoms with Crippen LogP contribution >= 0.6 is 0 Å². The number of rotatable bonds is 38. The monoisotopic (exact) mass is 695 g/mol. The van der Waals surface area contributed by atoms with Gasteiger partial charge < -0.3 is 14.2 Å². The van der Waals surface area contributed by atoms with Gasteiger partial charge in [0.1, 0.15) is 13.2 Å². The number of ether oxygens (including phenoxy) is 3. The summed E-state index contributed by atoms with van der Waals surface area (Å²) in [6.45, 7) is 8.89. The molecule has 290 valence electrons. The lowest BCUT2D eigenvalue weighted by molar-refractivity contribution is -0.167. The molecule has 0 radical (unpaired) electrons. The summed E-state index contributed by atoms with van der Waals surface area (Å²) in [5.41, 5.74) is 0. The fourth-order valence-corrected chi connectivity index (χ4v) is 6.27.